The van der Waals surface area contributed by atoms with Crippen molar-refractivity contribution in [1.82, 2.24) is 9.97 Å². The van der Waals surface area contributed by atoms with Crippen molar-refractivity contribution in [2.75, 3.05) is 44.1 Å². The number of ether oxygens (including phenoxy) is 2. The van der Waals surface area contributed by atoms with Gasteiger partial charge in [0.1, 0.15) is 18.0 Å². The van der Waals surface area contributed by atoms with Gasteiger partial charge in [-0.05, 0) is 12.5 Å². The molecule has 0 saturated carbocycles. The van der Waals surface area contributed by atoms with Crippen LogP contribution in [0.3, 0.4) is 0 Å². The number of hydrogen-bond acceptors (Lipinski definition) is 6. The van der Waals surface area contributed by atoms with Crippen molar-refractivity contribution < 1.29 is 9.47 Å². The Kier molecular flexibility index (Phi) is 4.93. The topological polar surface area (TPSA) is 59.5 Å². The van der Waals surface area contributed by atoms with Crippen molar-refractivity contribution >= 4 is 11.8 Å². The second-order valence-corrected chi connectivity index (χ2v) is 4.62. The van der Waals surface area contributed by atoms with Crippen molar-refractivity contribution in [2.24, 2.45) is 0 Å². The lowest BCUT2D eigenvalue weighted by Gasteiger charge is -2.17. The highest BCUT2D eigenvalue weighted by atomic mass is 16.5. The quantitative estimate of drug-likeness (QED) is 0.833. The van der Waals surface area contributed by atoms with E-state index < -0.39 is 0 Å². The predicted molar refractivity (Wildman–Crippen MR) is 74.6 cm³/mol. The Bertz CT molecular complexity index is 390. The normalized spacial score (nSPS) is 22.8. The summed E-state index contributed by atoms with van der Waals surface area (Å²) in [5.74, 6) is 1.59. The summed E-state index contributed by atoms with van der Waals surface area (Å²) in [6.45, 7) is 4.58. The molecule has 1 saturated heterocycles. The van der Waals surface area contributed by atoms with Gasteiger partial charge in [-0.3, -0.25) is 0 Å². The van der Waals surface area contributed by atoms with Gasteiger partial charge < -0.3 is 19.7 Å². The Balaban J connectivity index is 2.05. The number of rotatable bonds is 6. The highest BCUT2D eigenvalue weighted by molar-refractivity contribution is 5.44. The van der Waals surface area contributed by atoms with Crippen LogP contribution in [0.25, 0.3) is 0 Å². The highest BCUT2D eigenvalue weighted by Gasteiger charge is 2.33. The van der Waals surface area contributed by atoms with Crippen LogP contribution in [0.15, 0.2) is 12.3 Å². The highest BCUT2D eigenvalue weighted by Crippen LogP contribution is 2.22. The van der Waals surface area contributed by atoms with E-state index in [-0.39, 0.29) is 12.2 Å². The van der Waals surface area contributed by atoms with E-state index in [9.17, 15) is 0 Å². The molecule has 2 heterocycles. The summed E-state index contributed by atoms with van der Waals surface area (Å²) in [5, 5.41) is 3.20. The third kappa shape index (κ3) is 3.33. The fraction of sp³-hybridized carbons (Fsp3) is 0.692. The van der Waals surface area contributed by atoms with E-state index in [4.69, 9.17) is 9.47 Å². The van der Waals surface area contributed by atoms with Crippen LogP contribution < -0.4 is 10.2 Å². The summed E-state index contributed by atoms with van der Waals surface area (Å²) in [6.07, 6.45) is 3.01. The third-order valence-corrected chi connectivity index (χ3v) is 3.32. The zero-order valence-electron chi connectivity index (χ0n) is 11.8. The second-order valence-electron chi connectivity index (χ2n) is 4.62. The van der Waals surface area contributed by atoms with Gasteiger partial charge in [0.05, 0.1) is 0 Å². The first kappa shape index (κ1) is 14.0. The Hall–Kier alpha value is -1.40. The van der Waals surface area contributed by atoms with Gasteiger partial charge in [-0.2, -0.15) is 4.98 Å². The summed E-state index contributed by atoms with van der Waals surface area (Å²) in [4.78, 5) is 10.9. The third-order valence-electron chi connectivity index (χ3n) is 3.32. The smallest absolute Gasteiger partial charge is 0.224 e. The van der Waals surface area contributed by atoms with Gasteiger partial charge in [0.2, 0.25) is 5.95 Å². The molecule has 106 valence electrons. The summed E-state index contributed by atoms with van der Waals surface area (Å²) in [7, 11) is 3.43. The van der Waals surface area contributed by atoms with Crippen LogP contribution in [0, 0.1) is 0 Å². The maximum absolute atomic E-state index is 5.44. The Labute approximate surface area is 114 Å². The Morgan fingerprint density at radius 2 is 2.00 bits per heavy atom. The molecule has 1 aromatic heterocycles. The van der Waals surface area contributed by atoms with Crippen LogP contribution in [0.5, 0.6) is 0 Å². The van der Waals surface area contributed by atoms with Crippen molar-refractivity contribution in [3.8, 4) is 0 Å². The second kappa shape index (κ2) is 6.68. The number of methoxy groups -OCH3 is 2. The Morgan fingerprint density at radius 3 is 2.58 bits per heavy atom. The van der Waals surface area contributed by atoms with E-state index in [2.05, 4.69) is 27.1 Å². The van der Waals surface area contributed by atoms with Gasteiger partial charge in [-0.1, -0.05) is 6.92 Å². The minimum Gasteiger partial charge on any atom is -0.377 e. The average molecular weight is 266 g/mol. The van der Waals surface area contributed by atoms with Crippen molar-refractivity contribution in [3.05, 3.63) is 12.3 Å². The van der Waals surface area contributed by atoms with Gasteiger partial charge in [-0.25, -0.2) is 4.98 Å². The molecule has 2 unspecified atom stereocenters. The lowest BCUT2D eigenvalue weighted by atomic mass is 10.3. The zero-order valence-corrected chi connectivity index (χ0v) is 11.8. The van der Waals surface area contributed by atoms with Gasteiger partial charge >= 0.3 is 0 Å². The van der Waals surface area contributed by atoms with Crippen molar-refractivity contribution in [1.29, 1.82) is 0 Å². The molecule has 1 aliphatic rings. The maximum Gasteiger partial charge on any atom is 0.224 e. The fourth-order valence-electron chi connectivity index (χ4n) is 2.23. The predicted octanol–water partition coefficient (Wildman–Crippen LogP) is 1.15. The molecule has 19 heavy (non-hydrogen) atoms. The van der Waals surface area contributed by atoms with E-state index in [0.29, 0.717) is 5.95 Å². The molecular weight excluding hydrogens is 244 g/mol. The minimum absolute atomic E-state index is 0.0898. The van der Waals surface area contributed by atoms with Crippen molar-refractivity contribution in [2.45, 2.75) is 25.6 Å². The summed E-state index contributed by atoms with van der Waals surface area (Å²) < 4.78 is 10.9. The SMILES string of the molecule is CCCNc1nccc(N2CC(OC)C(OC)C2)n1. The number of nitrogens with zero attached hydrogens (tertiary/aromatic N) is 3. The summed E-state index contributed by atoms with van der Waals surface area (Å²) in [5.41, 5.74) is 0. The average Bonchev–Trinajstić information content (AvgIpc) is 2.88. The lowest BCUT2D eigenvalue weighted by Crippen LogP contribution is -2.27. The van der Waals surface area contributed by atoms with E-state index >= 15 is 0 Å². The van der Waals surface area contributed by atoms with Crippen LogP contribution in [-0.2, 0) is 9.47 Å². The molecule has 6 nitrogen and oxygen atoms in total. The number of hydrogen-bond donors (Lipinski definition) is 1. The Morgan fingerprint density at radius 1 is 1.32 bits per heavy atom. The van der Waals surface area contributed by atoms with Gasteiger partial charge in [0.15, 0.2) is 0 Å². The number of aromatic nitrogens is 2. The first-order valence-corrected chi connectivity index (χ1v) is 6.66. The van der Waals surface area contributed by atoms with Crippen LogP contribution in [-0.4, -0.2) is 56.0 Å². The minimum atomic E-state index is 0.0898. The molecule has 0 amide bonds. The molecule has 1 aromatic rings. The molecule has 1 fully saturated rings. The molecule has 0 radical (unpaired) electrons. The monoisotopic (exact) mass is 266 g/mol. The first-order chi connectivity index (χ1) is 9.28. The molecule has 2 rings (SSSR count). The first-order valence-electron chi connectivity index (χ1n) is 6.66. The van der Waals surface area contributed by atoms with Crippen LogP contribution in [0.2, 0.25) is 0 Å². The van der Waals surface area contributed by atoms with Crippen molar-refractivity contribution in [3.63, 3.8) is 0 Å². The van der Waals surface area contributed by atoms with Crippen LogP contribution in [0.1, 0.15) is 13.3 Å². The molecule has 1 aliphatic heterocycles. The van der Waals surface area contributed by atoms with Gasteiger partial charge in [0.25, 0.3) is 0 Å². The molecule has 0 aliphatic carbocycles. The zero-order chi connectivity index (χ0) is 13.7. The van der Waals surface area contributed by atoms with E-state index in [1.165, 1.54) is 0 Å². The largest absolute Gasteiger partial charge is 0.377 e. The lowest BCUT2D eigenvalue weighted by molar-refractivity contribution is -0.00461. The van der Waals surface area contributed by atoms with Crippen LogP contribution in [0.4, 0.5) is 11.8 Å². The molecule has 0 bridgehead atoms. The number of nitrogens with one attached hydrogen (secondary N) is 1. The molecule has 0 aromatic carbocycles. The van der Waals surface area contributed by atoms with E-state index in [0.717, 1.165) is 31.9 Å². The molecular formula is C13H22N4O2. The maximum atomic E-state index is 5.44. The van der Waals surface area contributed by atoms with E-state index in [1.807, 2.05) is 6.07 Å². The van der Waals surface area contributed by atoms with Gasteiger partial charge in [-0.15, -0.1) is 0 Å². The molecule has 2 atom stereocenters. The molecule has 6 heteroatoms. The molecule has 1 N–H and O–H groups in total. The summed E-state index contributed by atoms with van der Waals surface area (Å²) >= 11 is 0. The standard InChI is InChI=1S/C13H22N4O2/c1-4-6-14-13-15-7-5-12(16-13)17-8-10(18-2)11(9-17)19-3/h5,7,10-11H,4,6,8-9H2,1-3H3,(H,14,15,16). The molecule has 0 spiro atoms. The number of anilines is 2. The van der Waals surface area contributed by atoms with E-state index in [1.54, 1.807) is 20.4 Å². The van der Waals surface area contributed by atoms with Gasteiger partial charge in [0, 0.05) is 40.1 Å². The summed E-state index contributed by atoms with van der Waals surface area (Å²) in [6, 6.07) is 1.92. The van der Waals surface area contributed by atoms with Crippen LogP contribution >= 0.6 is 0 Å². The fourth-order valence-corrected chi connectivity index (χ4v) is 2.23.